The fraction of sp³-hybridized carbons (Fsp3) is 0.786. The molecule has 0 fully saturated rings. The van der Waals surface area contributed by atoms with E-state index in [1.165, 1.54) is 6.08 Å². The predicted octanol–water partition coefficient (Wildman–Crippen LogP) is 2.30. The van der Waals surface area contributed by atoms with Crippen LogP contribution in [-0.4, -0.2) is 44.8 Å². The van der Waals surface area contributed by atoms with E-state index >= 15 is 0 Å². The van der Waals surface area contributed by atoms with Crippen LogP contribution in [0.2, 0.25) is 0 Å². The maximum Gasteiger partial charge on any atom is 0.330 e. The van der Waals surface area contributed by atoms with Crippen molar-refractivity contribution < 1.29 is 23.7 Å². The SMILES string of the molecule is CCOC(=O)/C=C/[C@@H](CC)OCC(OCC)OCC. The Morgan fingerprint density at radius 1 is 1.00 bits per heavy atom. The number of hydrogen-bond donors (Lipinski definition) is 0. The average molecular weight is 274 g/mol. The Labute approximate surface area is 115 Å². The molecule has 0 N–H and O–H groups in total. The normalized spacial score (nSPS) is 13.1. The van der Waals surface area contributed by atoms with E-state index in [1.807, 2.05) is 20.8 Å². The van der Waals surface area contributed by atoms with Crippen LogP contribution >= 0.6 is 0 Å². The Morgan fingerprint density at radius 3 is 2.11 bits per heavy atom. The minimum atomic E-state index is -0.361. The van der Waals surface area contributed by atoms with Gasteiger partial charge in [-0.25, -0.2) is 4.79 Å². The third-order valence-electron chi connectivity index (χ3n) is 2.29. The molecule has 0 spiro atoms. The van der Waals surface area contributed by atoms with Crippen molar-refractivity contribution in [2.45, 2.75) is 46.5 Å². The van der Waals surface area contributed by atoms with Crippen LogP contribution in [-0.2, 0) is 23.7 Å². The van der Waals surface area contributed by atoms with Gasteiger partial charge in [-0.15, -0.1) is 0 Å². The van der Waals surface area contributed by atoms with Crippen molar-refractivity contribution in [2.75, 3.05) is 26.4 Å². The van der Waals surface area contributed by atoms with Gasteiger partial charge in [0, 0.05) is 19.3 Å². The highest BCUT2D eigenvalue weighted by atomic mass is 16.7. The molecule has 0 saturated heterocycles. The second-order valence-electron chi connectivity index (χ2n) is 3.73. The van der Waals surface area contributed by atoms with Gasteiger partial charge in [-0.3, -0.25) is 0 Å². The molecule has 0 amide bonds. The first-order valence-corrected chi connectivity index (χ1v) is 6.87. The van der Waals surface area contributed by atoms with Crippen molar-refractivity contribution in [2.24, 2.45) is 0 Å². The fourth-order valence-electron chi connectivity index (χ4n) is 1.40. The van der Waals surface area contributed by atoms with Crippen molar-refractivity contribution in [1.82, 2.24) is 0 Å². The molecule has 0 rings (SSSR count). The zero-order valence-corrected chi connectivity index (χ0v) is 12.4. The first-order valence-electron chi connectivity index (χ1n) is 6.87. The maximum absolute atomic E-state index is 11.2. The van der Waals surface area contributed by atoms with E-state index in [0.29, 0.717) is 26.4 Å². The topological polar surface area (TPSA) is 54.0 Å². The number of esters is 1. The highest BCUT2D eigenvalue weighted by Gasteiger charge is 2.11. The summed E-state index contributed by atoms with van der Waals surface area (Å²) >= 11 is 0. The molecule has 0 aliphatic rings. The zero-order chi connectivity index (χ0) is 14.5. The van der Waals surface area contributed by atoms with Gasteiger partial charge in [0.05, 0.1) is 19.3 Å². The molecule has 0 unspecified atom stereocenters. The molecule has 1 atom stereocenters. The molecule has 0 aromatic carbocycles. The number of ether oxygens (including phenoxy) is 4. The number of rotatable bonds is 11. The lowest BCUT2D eigenvalue weighted by atomic mass is 10.2. The van der Waals surface area contributed by atoms with Crippen LogP contribution < -0.4 is 0 Å². The summed E-state index contributed by atoms with van der Waals surface area (Å²) in [6, 6.07) is 0. The largest absolute Gasteiger partial charge is 0.463 e. The first kappa shape index (κ1) is 18.1. The zero-order valence-electron chi connectivity index (χ0n) is 12.4. The minimum absolute atomic E-state index is 0.146. The number of hydrogen-bond acceptors (Lipinski definition) is 5. The van der Waals surface area contributed by atoms with E-state index in [9.17, 15) is 4.79 Å². The van der Waals surface area contributed by atoms with E-state index in [-0.39, 0.29) is 18.4 Å². The monoisotopic (exact) mass is 274 g/mol. The van der Waals surface area contributed by atoms with Crippen molar-refractivity contribution >= 4 is 5.97 Å². The molecule has 5 heteroatoms. The van der Waals surface area contributed by atoms with Crippen LogP contribution in [0.3, 0.4) is 0 Å². The molecule has 0 radical (unpaired) electrons. The van der Waals surface area contributed by atoms with Gasteiger partial charge in [-0.1, -0.05) is 6.92 Å². The Kier molecular flexibility index (Phi) is 11.6. The Bertz CT molecular complexity index is 246. The van der Waals surface area contributed by atoms with Gasteiger partial charge in [-0.05, 0) is 33.3 Å². The maximum atomic E-state index is 11.2. The van der Waals surface area contributed by atoms with E-state index in [1.54, 1.807) is 13.0 Å². The van der Waals surface area contributed by atoms with Crippen LogP contribution in [0.4, 0.5) is 0 Å². The molecule has 0 aliphatic heterocycles. The van der Waals surface area contributed by atoms with Crippen LogP contribution in [0, 0.1) is 0 Å². The molecule has 0 aromatic rings. The highest BCUT2D eigenvalue weighted by molar-refractivity contribution is 5.81. The number of carbonyl (C=O) groups excluding carboxylic acids is 1. The lowest BCUT2D eigenvalue weighted by Crippen LogP contribution is -2.26. The molecule has 0 aromatic heterocycles. The van der Waals surface area contributed by atoms with Crippen molar-refractivity contribution in [3.63, 3.8) is 0 Å². The van der Waals surface area contributed by atoms with Gasteiger partial charge >= 0.3 is 5.97 Å². The lowest BCUT2D eigenvalue weighted by molar-refractivity contribution is -0.172. The fourth-order valence-corrected chi connectivity index (χ4v) is 1.40. The van der Waals surface area contributed by atoms with E-state index in [2.05, 4.69) is 0 Å². The predicted molar refractivity (Wildman–Crippen MR) is 72.8 cm³/mol. The van der Waals surface area contributed by atoms with Crippen molar-refractivity contribution in [3.05, 3.63) is 12.2 Å². The van der Waals surface area contributed by atoms with Gasteiger partial charge in [0.25, 0.3) is 0 Å². The van der Waals surface area contributed by atoms with Gasteiger partial charge < -0.3 is 18.9 Å². The second-order valence-corrected chi connectivity index (χ2v) is 3.73. The Morgan fingerprint density at radius 2 is 1.63 bits per heavy atom. The third kappa shape index (κ3) is 9.64. The minimum Gasteiger partial charge on any atom is -0.463 e. The van der Waals surface area contributed by atoms with E-state index in [4.69, 9.17) is 18.9 Å². The van der Waals surface area contributed by atoms with Crippen molar-refractivity contribution in [1.29, 1.82) is 0 Å². The van der Waals surface area contributed by atoms with Crippen LogP contribution in [0.15, 0.2) is 12.2 Å². The van der Waals surface area contributed by atoms with Gasteiger partial charge in [-0.2, -0.15) is 0 Å². The standard InChI is InChI=1S/C14H26O5/c1-5-12(9-10-13(15)16-6-2)19-11-14(17-7-3)18-8-4/h9-10,12,14H,5-8,11H2,1-4H3/b10-9+/t12-/m1/s1. The average Bonchev–Trinajstić information content (AvgIpc) is 2.39. The summed E-state index contributed by atoms with van der Waals surface area (Å²) in [4.78, 5) is 11.2. The van der Waals surface area contributed by atoms with Gasteiger partial charge in [0.2, 0.25) is 0 Å². The van der Waals surface area contributed by atoms with Crippen LogP contribution in [0.5, 0.6) is 0 Å². The lowest BCUT2D eigenvalue weighted by Gasteiger charge is -2.19. The Balaban J connectivity index is 4.12. The molecule has 112 valence electrons. The quantitative estimate of drug-likeness (QED) is 0.329. The van der Waals surface area contributed by atoms with Gasteiger partial charge in [0.15, 0.2) is 6.29 Å². The molecule has 5 nitrogen and oxygen atoms in total. The summed E-state index contributed by atoms with van der Waals surface area (Å²) in [7, 11) is 0. The summed E-state index contributed by atoms with van der Waals surface area (Å²) in [6.45, 7) is 9.43. The molecule has 0 bridgehead atoms. The highest BCUT2D eigenvalue weighted by Crippen LogP contribution is 2.04. The summed E-state index contributed by atoms with van der Waals surface area (Å²) in [6.07, 6.45) is 3.36. The summed E-state index contributed by atoms with van der Waals surface area (Å²) in [5.41, 5.74) is 0. The summed E-state index contributed by atoms with van der Waals surface area (Å²) < 4.78 is 21.2. The second kappa shape index (κ2) is 12.1. The molecule has 0 heterocycles. The Hall–Kier alpha value is -0.910. The van der Waals surface area contributed by atoms with Crippen LogP contribution in [0.25, 0.3) is 0 Å². The third-order valence-corrected chi connectivity index (χ3v) is 2.29. The van der Waals surface area contributed by atoms with E-state index in [0.717, 1.165) is 6.42 Å². The first-order chi connectivity index (χ1) is 9.17. The smallest absolute Gasteiger partial charge is 0.330 e. The molecule has 0 saturated carbocycles. The molecule has 0 aliphatic carbocycles. The van der Waals surface area contributed by atoms with Gasteiger partial charge in [0.1, 0.15) is 0 Å². The molecule has 19 heavy (non-hydrogen) atoms. The summed E-state index contributed by atoms with van der Waals surface area (Å²) in [5, 5.41) is 0. The molecular formula is C14H26O5. The number of carbonyl (C=O) groups is 1. The van der Waals surface area contributed by atoms with Crippen LogP contribution in [0.1, 0.15) is 34.1 Å². The van der Waals surface area contributed by atoms with E-state index < -0.39 is 0 Å². The van der Waals surface area contributed by atoms with Crippen molar-refractivity contribution in [3.8, 4) is 0 Å². The molecular weight excluding hydrogens is 248 g/mol. The summed E-state index contributed by atoms with van der Waals surface area (Å²) in [5.74, 6) is -0.351.